The van der Waals surface area contributed by atoms with Gasteiger partial charge in [0.1, 0.15) is 17.2 Å². The summed E-state index contributed by atoms with van der Waals surface area (Å²) >= 11 is 0. The topological polar surface area (TPSA) is 73.5 Å². The summed E-state index contributed by atoms with van der Waals surface area (Å²) in [6.07, 6.45) is 3.57. The summed E-state index contributed by atoms with van der Waals surface area (Å²) in [5.41, 5.74) is 4.33. The second-order valence-electron chi connectivity index (χ2n) is 9.41. The van der Waals surface area contributed by atoms with Crippen LogP contribution in [0.5, 0.6) is 5.75 Å². The summed E-state index contributed by atoms with van der Waals surface area (Å²) in [6, 6.07) is 12.8. The number of nitrogens with one attached hydrogen (secondary N) is 2. The number of benzene rings is 2. The van der Waals surface area contributed by atoms with Crippen LogP contribution in [0.3, 0.4) is 0 Å². The van der Waals surface area contributed by atoms with Crippen molar-refractivity contribution in [1.29, 1.82) is 0 Å². The molecule has 0 aliphatic carbocycles. The van der Waals surface area contributed by atoms with E-state index in [-0.39, 0.29) is 23.2 Å². The average Bonchev–Trinajstić information content (AvgIpc) is 3.27. The summed E-state index contributed by atoms with van der Waals surface area (Å²) in [5.74, 6) is -0.0147. The standard InChI is InChI=1S/C28H32FN5O2/c1-17(16-33(2)3)32-26-22(28(35)34(4)5)11-18(13-24(26)29)19-12-21-23(15-31-27(21)30-14-19)20-9-7-8-10-25(20)36-6/h7-15,17,32H,16H2,1-6H3,(H,30,31). The van der Waals surface area contributed by atoms with Crippen LogP contribution in [0, 0.1) is 5.82 Å². The fraction of sp³-hybridized carbons (Fsp3) is 0.286. The number of carbonyl (C=O) groups is 1. The molecule has 7 nitrogen and oxygen atoms in total. The maximum atomic E-state index is 15.5. The van der Waals surface area contributed by atoms with Gasteiger partial charge in [-0.05, 0) is 50.8 Å². The lowest BCUT2D eigenvalue weighted by molar-refractivity contribution is 0.0828. The van der Waals surface area contributed by atoms with E-state index >= 15 is 4.39 Å². The lowest BCUT2D eigenvalue weighted by Gasteiger charge is -2.23. The van der Waals surface area contributed by atoms with Crippen LogP contribution in [0.4, 0.5) is 10.1 Å². The zero-order chi connectivity index (χ0) is 26.0. The fourth-order valence-electron chi connectivity index (χ4n) is 4.42. The molecule has 1 unspecified atom stereocenters. The van der Waals surface area contributed by atoms with Gasteiger partial charge in [-0.25, -0.2) is 9.37 Å². The summed E-state index contributed by atoms with van der Waals surface area (Å²) < 4.78 is 21.1. The average molecular weight is 490 g/mol. The number of carbonyl (C=O) groups excluding carboxylic acids is 1. The Labute approximate surface area is 210 Å². The first-order valence-electron chi connectivity index (χ1n) is 11.8. The number of methoxy groups -OCH3 is 1. The van der Waals surface area contributed by atoms with Crippen molar-refractivity contribution in [2.45, 2.75) is 13.0 Å². The van der Waals surface area contributed by atoms with Crippen molar-refractivity contribution in [3.05, 3.63) is 66.2 Å². The van der Waals surface area contributed by atoms with E-state index in [4.69, 9.17) is 4.74 Å². The van der Waals surface area contributed by atoms with Crippen molar-refractivity contribution in [2.24, 2.45) is 0 Å². The number of pyridine rings is 1. The predicted octanol–water partition coefficient (Wildman–Crippen LogP) is 5.11. The number of aromatic nitrogens is 2. The van der Waals surface area contributed by atoms with Crippen LogP contribution in [-0.2, 0) is 0 Å². The summed E-state index contributed by atoms with van der Waals surface area (Å²) in [4.78, 5) is 24.3. The minimum Gasteiger partial charge on any atom is -0.496 e. The third-order valence-corrected chi connectivity index (χ3v) is 6.02. The monoisotopic (exact) mass is 489 g/mol. The molecule has 0 aliphatic heterocycles. The molecule has 188 valence electrons. The lowest BCUT2D eigenvalue weighted by atomic mass is 9.99. The highest BCUT2D eigenvalue weighted by molar-refractivity contribution is 6.02. The molecule has 36 heavy (non-hydrogen) atoms. The maximum Gasteiger partial charge on any atom is 0.255 e. The molecule has 0 fully saturated rings. The molecule has 0 aliphatic rings. The van der Waals surface area contributed by atoms with Gasteiger partial charge in [-0.2, -0.15) is 0 Å². The minimum absolute atomic E-state index is 0.0599. The van der Waals surface area contributed by atoms with Gasteiger partial charge in [0.15, 0.2) is 0 Å². The van der Waals surface area contributed by atoms with Gasteiger partial charge in [-0.1, -0.05) is 18.2 Å². The summed E-state index contributed by atoms with van der Waals surface area (Å²) in [5, 5.41) is 4.07. The molecule has 4 rings (SSSR count). The highest BCUT2D eigenvalue weighted by Crippen LogP contribution is 2.37. The Bertz CT molecular complexity index is 1400. The van der Waals surface area contributed by atoms with Gasteiger partial charge in [0, 0.05) is 61.2 Å². The first-order valence-corrected chi connectivity index (χ1v) is 11.8. The van der Waals surface area contributed by atoms with Crippen LogP contribution in [0.1, 0.15) is 17.3 Å². The van der Waals surface area contributed by atoms with E-state index in [0.29, 0.717) is 23.3 Å². The molecular formula is C28H32FN5O2. The van der Waals surface area contributed by atoms with Gasteiger partial charge in [0.25, 0.3) is 5.91 Å². The number of rotatable bonds is 8. The first-order chi connectivity index (χ1) is 17.2. The number of aromatic amines is 1. The van der Waals surface area contributed by atoms with Gasteiger partial charge in [-0.3, -0.25) is 4.79 Å². The molecule has 0 bridgehead atoms. The number of anilines is 1. The number of hydrogen-bond donors (Lipinski definition) is 2. The highest BCUT2D eigenvalue weighted by atomic mass is 19.1. The Balaban J connectivity index is 1.82. The number of hydrogen-bond acceptors (Lipinski definition) is 5. The molecule has 2 aromatic heterocycles. The zero-order valence-electron chi connectivity index (χ0n) is 21.5. The van der Waals surface area contributed by atoms with Gasteiger partial charge in [0.2, 0.25) is 0 Å². The second-order valence-corrected chi connectivity index (χ2v) is 9.41. The Morgan fingerprint density at radius 1 is 1.11 bits per heavy atom. The molecule has 4 aromatic rings. The number of para-hydroxylation sites is 1. The largest absolute Gasteiger partial charge is 0.496 e. The number of nitrogens with zero attached hydrogens (tertiary/aromatic N) is 3. The van der Waals surface area contributed by atoms with Gasteiger partial charge >= 0.3 is 0 Å². The molecular weight excluding hydrogens is 457 g/mol. The van der Waals surface area contributed by atoms with Crippen LogP contribution < -0.4 is 10.1 Å². The summed E-state index contributed by atoms with van der Waals surface area (Å²) in [6.45, 7) is 2.65. The zero-order valence-corrected chi connectivity index (χ0v) is 21.5. The van der Waals surface area contributed by atoms with Crippen molar-refractivity contribution < 1.29 is 13.9 Å². The number of fused-ring (bicyclic) bond motifs is 1. The Hall–Kier alpha value is -3.91. The highest BCUT2D eigenvalue weighted by Gasteiger charge is 2.21. The first kappa shape index (κ1) is 25.2. The molecule has 0 spiro atoms. The van der Waals surface area contributed by atoms with E-state index in [2.05, 4.69) is 15.3 Å². The molecule has 2 aromatic carbocycles. The molecule has 1 amide bonds. The lowest BCUT2D eigenvalue weighted by Crippen LogP contribution is -2.31. The van der Waals surface area contributed by atoms with Crippen molar-refractivity contribution >= 4 is 22.6 Å². The second kappa shape index (κ2) is 10.4. The smallest absolute Gasteiger partial charge is 0.255 e. The van der Waals surface area contributed by atoms with E-state index in [1.54, 1.807) is 33.5 Å². The molecule has 2 N–H and O–H groups in total. The SMILES string of the molecule is COc1ccccc1-c1c[nH]c2ncc(-c3cc(F)c(NC(C)CN(C)C)c(C(=O)N(C)C)c3)cc12. The van der Waals surface area contributed by atoms with Gasteiger partial charge in [0.05, 0.1) is 18.4 Å². The van der Waals surface area contributed by atoms with Gasteiger partial charge < -0.3 is 24.8 Å². The number of ether oxygens (including phenoxy) is 1. The number of H-pyrrole nitrogens is 1. The Kier molecular flexibility index (Phi) is 7.26. The van der Waals surface area contributed by atoms with E-state index in [1.807, 2.05) is 62.4 Å². The minimum atomic E-state index is -0.484. The van der Waals surface area contributed by atoms with Crippen molar-refractivity contribution in [3.63, 3.8) is 0 Å². The van der Waals surface area contributed by atoms with Crippen LogP contribution in [-0.4, -0.2) is 73.6 Å². The van der Waals surface area contributed by atoms with Crippen molar-refractivity contribution in [1.82, 2.24) is 19.8 Å². The Morgan fingerprint density at radius 3 is 2.56 bits per heavy atom. The molecule has 0 saturated carbocycles. The van der Waals surface area contributed by atoms with Crippen LogP contribution >= 0.6 is 0 Å². The Morgan fingerprint density at radius 2 is 1.86 bits per heavy atom. The van der Waals surface area contributed by atoms with E-state index in [9.17, 15) is 4.79 Å². The van der Waals surface area contributed by atoms with Crippen LogP contribution in [0.2, 0.25) is 0 Å². The van der Waals surface area contributed by atoms with Crippen molar-refractivity contribution in [3.8, 4) is 28.0 Å². The predicted molar refractivity (Wildman–Crippen MR) is 143 cm³/mol. The van der Waals surface area contributed by atoms with Crippen LogP contribution in [0.25, 0.3) is 33.3 Å². The van der Waals surface area contributed by atoms with Gasteiger partial charge in [-0.15, -0.1) is 0 Å². The molecule has 2 heterocycles. The molecule has 1 atom stereocenters. The van der Waals surface area contributed by atoms with E-state index in [1.165, 1.54) is 11.0 Å². The molecule has 0 radical (unpaired) electrons. The molecule has 0 saturated heterocycles. The third-order valence-electron chi connectivity index (χ3n) is 6.02. The van der Waals surface area contributed by atoms with Crippen molar-refractivity contribution in [2.75, 3.05) is 47.2 Å². The third kappa shape index (κ3) is 5.04. The fourth-order valence-corrected chi connectivity index (χ4v) is 4.42. The number of likely N-dealkylation sites (N-methyl/N-ethyl adjacent to an activating group) is 1. The van der Waals surface area contributed by atoms with E-state index < -0.39 is 5.82 Å². The molecule has 8 heteroatoms. The quantitative estimate of drug-likeness (QED) is 0.360. The van der Waals surface area contributed by atoms with Crippen LogP contribution in [0.15, 0.2) is 54.9 Å². The number of amides is 1. The normalized spacial score (nSPS) is 12.1. The number of halogens is 1. The maximum absolute atomic E-state index is 15.5. The summed E-state index contributed by atoms with van der Waals surface area (Å²) in [7, 11) is 8.86. The van der Waals surface area contributed by atoms with E-state index in [0.717, 1.165) is 22.3 Å².